The molecule has 248 valence electrons. The van der Waals surface area contributed by atoms with Crippen molar-refractivity contribution < 1.29 is 27.2 Å². The third-order valence-corrected chi connectivity index (χ3v) is 8.63. The summed E-state index contributed by atoms with van der Waals surface area (Å²) >= 11 is 0. The minimum Gasteiger partial charge on any atom is -0.336 e. The summed E-state index contributed by atoms with van der Waals surface area (Å²) in [6, 6.07) is 30.8. The van der Waals surface area contributed by atoms with E-state index in [-0.39, 0.29) is 31.2 Å². The van der Waals surface area contributed by atoms with E-state index in [9.17, 15) is 27.2 Å². The molecule has 5 aromatic rings. The molecule has 0 fully saturated rings. The quantitative estimate of drug-likeness (QED) is 0.118. The molecule has 1 atom stereocenters. The summed E-state index contributed by atoms with van der Waals surface area (Å²) < 4.78 is 53.6. The van der Waals surface area contributed by atoms with Crippen LogP contribution < -0.4 is 0 Å². The van der Waals surface area contributed by atoms with Crippen molar-refractivity contribution >= 4 is 17.9 Å². The first-order valence-electron chi connectivity index (χ1n) is 15.9. The molecule has 5 nitrogen and oxygen atoms in total. The van der Waals surface area contributed by atoms with Gasteiger partial charge in [-0.25, -0.2) is 4.39 Å². The highest BCUT2D eigenvalue weighted by atomic mass is 19.4. The van der Waals surface area contributed by atoms with Gasteiger partial charge in [-0.05, 0) is 76.7 Å². The number of hydrogen-bond acceptors (Lipinski definition) is 3. The van der Waals surface area contributed by atoms with Crippen molar-refractivity contribution in [2.45, 2.75) is 38.1 Å². The van der Waals surface area contributed by atoms with Crippen LogP contribution in [0.15, 0.2) is 128 Å². The SMILES string of the molecule is O=C([C@H](Cc1ccccc1)N(Cc1ccc(-c2ccccn2)cc1)C(=O)/C=C/c1ccc(C(F)(F)F)cc1)N1CCc2ccc(F)cc2C1. The summed E-state index contributed by atoms with van der Waals surface area (Å²) in [6.07, 6.45) is 0.738. The number of carbonyl (C=O) groups excluding carboxylic acids is 2. The molecular weight excluding hydrogens is 630 g/mol. The maximum absolute atomic E-state index is 14.5. The lowest BCUT2D eigenvalue weighted by Gasteiger charge is -2.37. The number of nitrogens with zero attached hydrogens (tertiary/aromatic N) is 3. The van der Waals surface area contributed by atoms with E-state index in [0.29, 0.717) is 18.5 Å². The van der Waals surface area contributed by atoms with Crippen LogP contribution in [0.1, 0.15) is 33.4 Å². The minimum absolute atomic E-state index is 0.0843. The number of aromatic nitrogens is 1. The fourth-order valence-electron chi connectivity index (χ4n) is 5.99. The smallest absolute Gasteiger partial charge is 0.336 e. The Balaban J connectivity index is 1.34. The van der Waals surface area contributed by atoms with Gasteiger partial charge in [0.05, 0.1) is 11.3 Å². The maximum atomic E-state index is 14.5. The number of benzene rings is 4. The van der Waals surface area contributed by atoms with E-state index in [4.69, 9.17) is 0 Å². The largest absolute Gasteiger partial charge is 0.416 e. The second-order valence-electron chi connectivity index (χ2n) is 12.0. The zero-order chi connectivity index (χ0) is 34.4. The summed E-state index contributed by atoms with van der Waals surface area (Å²) in [5, 5.41) is 0. The molecule has 1 aliphatic heterocycles. The van der Waals surface area contributed by atoms with Crippen molar-refractivity contribution in [2.75, 3.05) is 6.54 Å². The van der Waals surface area contributed by atoms with Crippen LogP contribution in [0.4, 0.5) is 17.6 Å². The molecule has 1 aliphatic rings. The van der Waals surface area contributed by atoms with E-state index in [1.807, 2.05) is 72.8 Å². The van der Waals surface area contributed by atoms with Gasteiger partial charge in [-0.2, -0.15) is 13.2 Å². The number of hydrogen-bond donors (Lipinski definition) is 0. The van der Waals surface area contributed by atoms with Gasteiger partial charge in [-0.15, -0.1) is 0 Å². The van der Waals surface area contributed by atoms with Crippen molar-refractivity contribution in [3.8, 4) is 11.3 Å². The van der Waals surface area contributed by atoms with Crippen LogP contribution in [-0.4, -0.2) is 39.2 Å². The normalized spacial score (nSPS) is 13.6. The van der Waals surface area contributed by atoms with Crippen LogP contribution in [-0.2, 0) is 41.7 Å². The molecule has 2 heterocycles. The molecule has 2 amide bonds. The molecule has 49 heavy (non-hydrogen) atoms. The van der Waals surface area contributed by atoms with Gasteiger partial charge in [0.2, 0.25) is 11.8 Å². The highest BCUT2D eigenvalue weighted by molar-refractivity contribution is 5.96. The molecule has 0 bridgehead atoms. The topological polar surface area (TPSA) is 53.5 Å². The molecule has 0 unspecified atom stereocenters. The van der Waals surface area contributed by atoms with Crippen molar-refractivity contribution in [3.63, 3.8) is 0 Å². The molecule has 1 aromatic heterocycles. The molecule has 0 N–H and O–H groups in total. The average molecular weight is 664 g/mol. The van der Waals surface area contributed by atoms with E-state index in [0.717, 1.165) is 45.6 Å². The van der Waals surface area contributed by atoms with Gasteiger partial charge in [0.1, 0.15) is 11.9 Å². The fraction of sp³-hybridized carbons (Fsp3) is 0.175. The number of fused-ring (bicyclic) bond motifs is 1. The van der Waals surface area contributed by atoms with E-state index >= 15 is 0 Å². The van der Waals surface area contributed by atoms with Gasteiger partial charge in [0, 0.05) is 43.9 Å². The number of rotatable bonds is 9. The van der Waals surface area contributed by atoms with Crippen molar-refractivity contribution in [1.82, 2.24) is 14.8 Å². The van der Waals surface area contributed by atoms with Crippen LogP contribution in [0, 0.1) is 5.82 Å². The highest BCUT2D eigenvalue weighted by Crippen LogP contribution is 2.29. The van der Waals surface area contributed by atoms with Crippen molar-refractivity contribution in [3.05, 3.63) is 167 Å². The Hall–Kier alpha value is -5.57. The van der Waals surface area contributed by atoms with E-state index in [1.54, 1.807) is 17.2 Å². The third kappa shape index (κ3) is 8.30. The summed E-state index contributed by atoms with van der Waals surface area (Å²) in [5.74, 6) is -1.14. The lowest BCUT2D eigenvalue weighted by molar-refractivity contribution is -0.144. The minimum atomic E-state index is -4.48. The Labute approximate surface area is 282 Å². The van der Waals surface area contributed by atoms with Crippen LogP contribution in [0.25, 0.3) is 17.3 Å². The number of alkyl halides is 3. The van der Waals surface area contributed by atoms with Crippen molar-refractivity contribution in [1.29, 1.82) is 0 Å². The predicted molar refractivity (Wildman–Crippen MR) is 180 cm³/mol. The van der Waals surface area contributed by atoms with Crippen LogP contribution >= 0.6 is 0 Å². The second-order valence-corrected chi connectivity index (χ2v) is 12.0. The van der Waals surface area contributed by atoms with E-state index in [2.05, 4.69) is 4.98 Å². The Morgan fingerprint density at radius 3 is 2.27 bits per heavy atom. The lowest BCUT2D eigenvalue weighted by atomic mass is 9.97. The monoisotopic (exact) mass is 663 g/mol. The van der Waals surface area contributed by atoms with Crippen LogP contribution in [0.2, 0.25) is 0 Å². The van der Waals surface area contributed by atoms with Gasteiger partial charge >= 0.3 is 6.18 Å². The van der Waals surface area contributed by atoms with Crippen LogP contribution in [0.3, 0.4) is 0 Å². The van der Waals surface area contributed by atoms with Gasteiger partial charge in [-0.3, -0.25) is 14.6 Å². The van der Waals surface area contributed by atoms with Crippen LogP contribution in [0.5, 0.6) is 0 Å². The Morgan fingerprint density at radius 2 is 1.57 bits per heavy atom. The highest BCUT2D eigenvalue weighted by Gasteiger charge is 2.34. The average Bonchev–Trinajstić information content (AvgIpc) is 3.12. The van der Waals surface area contributed by atoms with Gasteiger partial charge < -0.3 is 9.80 Å². The molecule has 0 aliphatic carbocycles. The molecule has 0 saturated heterocycles. The summed E-state index contributed by atoms with van der Waals surface area (Å²) in [5.41, 5.74) is 4.62. The first-order chi connectivity index (χ1) is 23.6. The van der Waals surface area contributed by atoms with Gasteiger partial charge in [-0.1, -0.05) is 78.9 Å². The number of pyridine rings is 1. The maximum Gasteiger partial charge on any atom is 0.416 e. The number of halogens is 4. The Morgan fingerprint density at radius 1 is 0.837 bits per heavy atom. The first-order valence-corrected chi connectivity index (χ1v) is 15.9. The first kappa shape index (κ1) is 33.3. The van der Waals surface area contributed by atoms with Gasteiger partial charge in [0.15, 0.2) is 0 Å². The zero-order valence-corrected chi connectivity index (χ0v) is 26.5. The molecule has 9 heteroatoms. The standard InChI is InChI=1S/C40H33F4N3O2/c41-35-19-16-31-21-23-46(27-33(31)25-35)39(49)37(24-29-6-2-1-3-7-29)47(26-30-9-14-32(15-10-30)36-8-4-5-22-45-36)38(48)20-13-28-11-17-34(18-12-28)40(42,43)44/h1-20,22,25,37H,21,23-24,26-27H2/b20-13+/t37-/m0/s1. The molecule has 6 rings (SSSR count). The van der Waals surface area contributed by atoms with Crippen molar-refractivity contribution in [2.24, 2.45) is 0 Å². The number of carbonyl (C=O) groups is 2. The molecule has 0 radical (unpaired) electrons. The molecule has 0 spiro atoms. The van der Waals surface area contributed by atoms with E-state index < -0.39 is 23.7 Å². The summed E-state index contributed by atoms with van der Waals surface area (Å²) in [4.78, 5) is 36.2. The lowest BCUT2D eigenvalue weighted by Crippen LogP contribution is -2.52. The second kappa shape index (κ2) is 14.7. The Bertz CT molecular complexity index is 1930. The molecule has 0 saturated carbocycles. The third-order valence-electron chi connectivity index (χ3n) is 8.63. The summed E-state index contributed by atoms with van der Waals surface area (Å²) in [6.45, 7) is 0.700. The summed E-state index contributed by atoms with van der Waals surface area (Å²) in [7, 11) is 0. The molecule has 4 aromatic carbocycles. The molecular formula is C40H33F4N3O2. The predicted octanol–water partition coefficient (Wildman–Crippen LogP) is 8.14. The fourth-order valence-corrected chi connectivity index (χ4v) is 5.99. The number of amides is 2. The van der Waals surface area contributed by atoms with Gasteiger partial charge in [0.25, 0.3) is 0 Å². The van der Waals surface area contributed by atoms with E-state index in [1.165, 1.54) is 41.3 Å². The Kier molecular flexibility index (Phi) is 9.99. The zero-order valence-electron chi connectivity index (χ0n) is 26.5.